The van der Waals surface area contributed by atoms with Crippen molar-refractivity contribution in [3.8, 4) is 0 Å². The second-order valence-electron chi connectivity index (χ2n) is 11.1. The first kappa shape index (κ1) is 35.0. The number of ether oxygens (including phenoxy) is 1. The average molecular weight is 687 g/mol. The van der Waals surface area contributed by atoms with E-state index in [0.29, 0.717) is 46.1 Å². The molecule has 244 valence electrons. The summed E-state index contributed by atoms with van der Waals surface area (Å²) in [5.74, 6) is 0. The SMILES string of the molecule is CCN1CCOCCN(CC)C(=S)NCc2ccc(cc2)CNC(=S)N2CCCN(C2)C(=S)NCc2ccc(cc2)CNC1=S. The van der Waals surface area contributed by atoms with E-state index in [1.165, 1.54) is 22.3 Å². The lowest BCUT2D eigenvalue weighted by Gasteiger charge is -2.38. The van der Waals surface area contributed by atoms with Crippen LogP contribution in [0.25, 0.3) is 0 Å². The molecule has 9 nitrogen and oxygen atoms in total. The zero-order valence-corrected chi connectivity index (χ0v) is 29.6. The molecule has 45 heavy (non-hydrogen) atoms. The lowest BCUT2D eigenvalue weighted by molar-refractivity contribution is 0.110. The number of benzene rings is 2. The van der Waals surface area contributed by atoms with Gasteiger partial charge < -0.3 is 45.6 Å². The van der Waals surface area contributed by atoms with Gasteiger partial charge in [0.15, 0.2) is 20.4 Å². The van der Waals surface area contributed by atoms with Crippen LogP contribution in [0.5, 0.6) is 0 Å². The Labute approximate surface area is 290 Å². The summed E-state index contributed by atoms with van der Waals surface area (Å²) < 4.78 is 5.97. The summed E-state index contributed by atoms with van der Waals surface area (Å²) in [6, 6.07) is 17.1. The molecular formula is C32H46N8OS4. The standard InChI is InChI=1S/C32H46N8OS4/c1-3-37-16-18-41-19-17-38(4-2)30(43)34-21-26-8-12-28(13-9-26)23-36-32(45)40-15-5-14-39(24-40)31(44)35-22-27-10-6-25(7-11-27)20-33-29(37)42/h6-13H,3-5,14-24H2,1-2H3,(H,33,42)(H,34,43)(H,35,44)(H,36,45). The van der Waals surface area contributed by atoms with Crippen molar-refractivity contribution in [1.82, 2.24) is 40.9 Å². The third-order valence-electron chi connectivity index (χ3n) is 7.94. The smallest absolute Gasteiger partial charge is 0.170 e. The van der Waals surface area contributed by atoms with Crippen molar-refractivity contribution >= 4 is 69.3 Å². The summed E-state index contributed by atoms with van der Waals surface area (Å²) in [6.45, 7) is 13.6. The largest absolute Gasteiger partial charge is 0.378 e. The molecule has 5 aliphatic rings. The van der Waals surface area contributed by atoms with Crippen molar-refractivity contribution in [2.45, 2.75) is 46.4 Å². The minimum absolute atomic E-state index is 0.596. The Hall–Kier alpha value is -2.84. The summed E-state index contributed by atoms with van der Waals surface area (Å²) in [6.07, 6.45) is 0.995. The molecular weight excluding hydrogens is 641 g/mol. The van der Waals surface area contributed by atoms with Crippen LogP contribution in [0.4, 0.5) is 0 Å². The van der Waals surface area contributed by atoms with Crippen LogP contribution in [0.1, 0.15) is 42.5 Å². The van der Waals surface area contributed by atoms with Crippen molar-refractivity contribution in [1.29, 1.82) is 0 Å². The third-order valence-corrected chi connectivity index (χ3v) is 9.55. The maximum absolute atomic E-state index is 5.97. The molecule has 0 atom stereocenters. The molecule has 7 rings (SSSR count). The topological polar surface area (TPSA) is 70.3 Å². The van der Waals surface area contributed by atoms with E-state index in [9.17, 15) is 0 Å². The van der Waals surface area contributed by atoms with Gasteiger partial charge in [-0.25, -0.2) is 0 Å². The van der Waals surface area contributed by atoms with Gasteiger partial charge in [-0.3, -0.25) is 0 Å². The summed E-state index contributed by atoms with van der Waals surface area (Å²) in [4.78, 5) is 8.63. The van der Waals surface area contributed by atoms with Crippen LogP contribution >= 0.6 is 48.9 Å². The summed E-state index contributed by atoms with van der Waals surface area (Å²) >= 11 is 22.9. The first-order chi connectivity index (χ1) is 21.9. The predicted octanol–water partition coefficient (Wildman–Crippen LogP) is 3.52. The summed E-state index contributed by atoms with van der Waals surface area (Å²) in [5, 5.41) is 16.6. The van der Waals surface area contributed by atoms with Crippen LogP contribution in [-0.2, 0) is 30.9 Å². The second-order valence-corrected chi connectivity index (χ2v) is 12.6. The average Bonchev–Trinajstić information content (AvgIpc) is 3.07. The second kappa shape index (κ2) is 18.3. The molecule has 0 aliphatic carbocycles. The zero-order chi connectivity index (χ0) is 32.0. The fourth-order valence-electron chi connectivity index (χ4n) is 5.10. The molecule has 4 N–H and O–H groups in total. The minimum Gasteiger partial charge on any atom is -0.378 e. The van der Waals surface area contributed by atoms with E-state index in [4.69, 9.17) is 53.6 Å². The van der Waals surface area contributed by atoms with Gasteiger partial charge in [0.05, 0.1) is 19.9 Å². The molecule has 6 bridgehead atoms. The normalized spacial score (nSPS) is 18.6. The van der Waals surface area contributed by atoms with Crippen LogP contribution in [0.2, 0.25) is 0 Å². The van der Waals surface area contributed by atoms with Gasteiger partial charge in [0.1, 0.15) is 0 Å². The van der Waals surface area contributed by atoms with Crippen LogP contribution in [-0.4, -0.2) is 99.2 Å². The van der Waals surface area contributed by atoms with Crippen molar-refractivity contribution in [2.24, 2.45) is 0 Å². The number of hydrogen-bond donors (Lipinski definition) is 4. The van der Waals surface area contributed by atoms with Crippen LogP contribution in [0.15, 0.2) is 48.5 Å². The van der Waals surface area contributed by atoms with Crippen molar-refractivity contribution in [2.75, 3.05) is 59.2 Å². The Morgan fingerprint density at radius 1 is 0.533 bits per heavy atom. The maximum Gasteiger partial charge on any atom is 0.170 e. The molecule has 0 spiro atoms. The van der Waals surface area contributed by atoms with E-state index in [-0.39, 0.29) is 0 Å². The molecule has 1 fully saturated rings. The van der Waals surface area contributed by atoms with Gasteiger partial charge in [0.2, 0.25) is 0 Å². The Morgan fingerprint density at radius 2 is 0.867 bits per heavy atom. The lowest BCUT2D eigenvalue weighted by atomic mass is 10.1. The van der Waals surface area contributed by atoms with E-state index in [2.05, 4.69) is 103 Å². The number of rotatable bonds is 2. The molecule has 0 radical (unpaired) electrons. The quantitative estimate of drug-likeness (QED) is 0.349. The van der Waals surface area contributed by atoms with E-state index >= 15 is 0 Å². The zero-order valence-electron chi connectivity index (χ0n) is 26.3. The molecule has 5 heterocycles. The van der Waals surface area contributed by atoms with E-state index < -0.39 is 0 Å². The van der Waals surface area contributed by atoms with Gasteiger partial charge in [-0.1, -0.05) is 48.5 Å². The maximum atomic E-state index is 5.97. The highest BCUT2D eigenvalue weighted by Crippen LogP contribution is 2.10. The lowest BCUT2D eigenvalue weighted by Crippen LogP contribution is -2.54. The Bertz CT molecular complexity index is 1180. The van der Waals surface area contributed by atoms with Crippen LogP contribution in [0, 0.1) is 0 Å². The van der Waals surface area contributed by atoms with Gasteiger partial charge in [-0.15, -0.1) is 0 Å². The molecule has 0 amide bonds. The third kappa shape index (κ3) is 11.2. The molecule has 5 aliphatic heterocycles. The number of thiocarbonyl (C=S) groups is 4. The first-order valence-electron chi connectivity index (χ1n) is 15.7. The van der Waals surface area contributed by atoms with E-state index in [1.807, 2.05) is 0 Å². The van der Waals surface area contributed by atoms with Crippen molar-refractivity contribution in [3.05, 3.63) is 70.8 Å². The highest BCUT2D eigenvalue weighted by atomic mass is 32.1. The summed E-state index contributed by atoms with van der Waals surface area (Å²) in [7, 11) is 0. The first-order valence-corrected chi connectivity index (χ1v) is 17.3. The molecule has 0 saturated carbocycles. The summed E-state index contributed by atoms with van der Waals surface area (Å²) in [5.41, 5.74) is 4.68. The van der Waals surface area contributed by atoms with Gasteiger partial charge in [0, 0.05) is 65.4 Å². The fourth-order valence-corrected chi connectivity index (χ4v) is 6.12. The molecule has 1 saturated heterocycles. The van der Waals surface area contributed by atoms with Gasteiger partial charge >= 0.3 is 0 Å². The molecule has 2 aromatic carbocycles. The Kier molecular flexibility index (Phi) is 14.3. The Morgan fingerprint density at radius 3 is 1.20 bits per heavy atom. The molecule has 13 heteroatoms. The number of nitrogens with zero attached hydrogens (tertiary/aromatic N) is 4. The number of nitrogens with one attached hydrogen (secondary N) is 4. The van der Waals surface area contributed by atoms with E-state index in [1.54, 1.807) is 0 Å². The van der Waals surface area contributed by atoms with Crippen LogP contribution < -0.4 is 21.3 Å². The minimum atomic E-state index is 0.596. The van der Waals surface area contributed by atoms with Crippen molar-refractivity contribution in [3.63, 3.8) is 0 Å². The van der Waals surface area contributed by atoms with Crippen molar-refractivity contribution < 1.29 is 4.74 Å². The molecule has 0 unspecified atom stereocenters. The monoisotopic (exact) mass is 686 g/mol. The van der Waals surface area contributed by atoms with Gasteiger partial charge in [0.25, 0.3) is 0 Å². The van der Waals surface area contributed by atoms with E-state index in [0.717, 1.165) is 66.1 Å². The molecule has 0 aromatic heterocycles. The highest BCUT2D eigenvalue weighted by Gasteiger charge is 2.21. The number of hydrogen-bond acceptors (Lipinski definition) is 5. The van der Waals surface area contributed by atoms with Gasteiger partial charge in [-0.05, 0) is 91.4 Å². The molecule has 2 aromatic rings. The Balaban J connectivity index is 1.39. The van der Waals surface area contributed by atoms with Gasteiger partial charge in [-0.2, -0.15) is 0 Å². The van der Waals surface area contributed by atoms with Crippen LogP contribution in [0.3, 0.4) is 0 Å². The fraction of sp³-hybridized carbons (Fsp3) is 0.500. The number of likely N-dealkylation sites (N-methyl/N-ethyl adjacent to an activating group) is 2. The highest BCUT2D eigenvalue weighted by molar-refractivity contribution is 7.80. The predicted molar refractivity (Wildman–Crippen MR) is 199 cm³/mol.